The maximum Gasteiger partial charge on any atom is 0.514 e. The number of azide groups is 1. The van der Waals surface area contributed by atoms with E-state index in [-0.39, 0.29) is 55.8 Å². The SMILES string of the molecule is COC(=O)[C@H]1O[C@@H](OC(=O)Nc2ccc(COC(=O)Oc3ccc([N+](=O)[O-])cc3)cc2OCCOCCN=[N+]=[N-])[C@H](OC(C)=O)[C@@H](OC(C)=O)[C@@H]1OC(C)=O. The van der Waals surface area contributed by atoms with Gasteiger partial charge in [0.1, 0.15) is 24.7 Å². The van der Waals surface area contributed by atoms with Gasteiger partial charge in [-0.05, 0) is 35.4 Å². The first kappa shape index (κ1) is 42.7. The van der Waals surface area contributed by atoms with Gasteiger partial charge in [-0.15, -0.1) is 0 Å². The summed E-state index contributed by atoms with van der Waals surface area (Å²) in [5.74, 6) is -3.98. The third kappa shape index (κ3) is 13.7. The number of benzene rings is 2. The molecule has 2 aromatic rings. The molecule has 1 N–H and O–H groups in total. The van der Waals surface area contributed by atoms with Gasteiger partial charge in [0.15, 0.2) is 18.3 Å². The average molecular weight is 778 g/mol. The first-order valence-electron chi connectivity index (χ1n) is 15.9. The van der Waals surface area contributed by atoms with Gasteiger partial charge < -0.3 is 47.4 Å². The van der Waals surface area contributed by atoms with Crippen LogP contribution in [0.4, 0.5) is 21.0 Å². The number of ether oxygens (including phenoxy) is 10. The maximum atomic E-state index is 13.3. The highest BCUT2D eigenvalue weighted by atomic mass is 16.8. The summed E-state index contributed by atoms with van der Waals surface area (Å²) < 4.78 is 52.6. The molecule has 1 fully saturated rings. The molecular formula is C32H35N5O18. The summed E-state index contributed by atoms with van der Waals surface area (Å²) in [7, 11) is 0.988. The lowest BCUT2D eigenvalue weighted by Gasteiger charge is -2.42. The van der Waals surface area contributed by atoms with Crippen LogP contribution in [0.3, 0.4) is 0 Å². The van der Waals surface area contributed by atoms with Crippen molar-refractivity contribution in [1.29, 1.82) is 0 Å². The Bertz CT molecular complexity index is 1770. The van der Waals surface area contributed by atoms with E-state index < -0.39 is 71.8 Å². The summed E-state index contributed by atoms with van der Waals surface area (Å²) in [6.45, 7) is 2.65. The number of rotatable bonds is 17. The Morgan fingerprint density at radius 2 is 1.55 bits per heavy atom. The fourth-order valence-electron chi connectivity index (χ4n) is 4.67. The zero-order valence-electron chi connectivity index (χ0n) is 29.6. The second kappa shape index (κ2) is 21.1. The Balaban J connectivity index is 1.82. The molecule has 0 saturated carbocycles. The smallest absolute Gasteiger partial charge is 0.489 e. The average Bonchev–Trinajstić information content (AvgIpc) is 3.12. The molecule has 0 radical (unpaired) electrons. The molecule has 0 bridgehead atoms. The van der Waals surface area contributed by atoms with Gasteiger partial charge in [-0.3, -0.25) is 29.8 Å². The lowest BCUT2D eigenvalue weighted by molar-refractivity contribution is -0.384. The van der Waals surface area contributed by atoms with Gasteiger partial charge in [0.2, 0.25) is 12.4 Å². The molecule has 1 amide bonds. The second-order valence-electron chi connectivity index (χ2n) is 10.8. The summed E-state index contributed by atoms with van der Waals surface area (Å²) in [5.41, 5.74) is 8.48. The van der Waals surface area contributed by atoms with E-state index in [0.29, 0.717) is 5.56 Å². The number of hydrogen-bond donors (Lipinski definition) is 1. The van der Waals surface area contributed by atoms with E-state index in [4.69, 9.17) is 52.9 Å². The minimum absolute atomic E-state index is 0.00304. The molecule has 0 unspecified atom stereocenters. The standard InChI is InChI=1S/C32H35N5O18/c1-17(38)50-25-26(51-18(2)39)28(52-19(3)40)30(54-27(25)29(41)46-4)55-31(42)35-23-10-5-20(15-24(23)48-14-13-47-12-11-34-36-33)16-49-32(43)53-22-8-6-21(7-9-22)37(44)45/h5-10,15,25-28,30H,11-14,16H2,1-4H3,(H,35,42)/t25-,26-,27-,28+,30-/m0/s1. The molecule has 3 rings (SSSR count). The molecule has 1 heterocycles. The number of nitrogens with one attached hydrogen (secondary N) is 1. The highest BCUT2D eigenvalue weighted by molar-refractivity contribution is 5.87. The Morgan fingerprint density at radius 1 is 0.891 bits per heavy atom. The monoisotopic (exact) mass is 777 g/mol. The predicted molar refractivity (Wildman–Crippen MR) is 178 cm³/mol. The number of non-ortho nitro benzene ring substituents is 1. The maximum absolute atomic E-state index is 13.3. The summed E-state index contributed by atoms with van der Waals surface area (Å²) in [6, 6.07) is 8.81. The van der Waals surface area contributed by atoms with Crippen LogP contribution in [-0.2, 0) is 63.7 Å². The third-order valence-corrected chi connectivity index (χ3v) is 6.83. The van der Waals surface area contributed by atoms with Crippen molar-refractivity contribution in [3.63, 3.8) is 0 Å². The van der Waals surface area contributed by atoms with E-state index in [2.05, 4.69) is 15.3 Å². The largest absolute Gasteiger partial charge is 0.514 e. The van der Waals surface area contributed by atoms with Gasteiger partial charge in [-0.2, -0.15) is 0 Å². The van der Waals surface area contributed by atoms with Crippen LogP contribution >= 0.6 is 0 Å². The molecule has 2 aromatic carbocycles. The van der Waals surface area contributed by atoms with Crippen molar-refractivity contribution in [3.05, 3.63) is 68.6 Å². The molecule has 5 atom stereocenters. The van der Waals surface area contributed by atoms with Crippen LogP contribution in [0.5, 0.6) is 11.5 Å². The van der Waals surface area contributed by atoms with Crippen molar-refractivity contribution in [1.82, 2.24) is 0 Å². The first-order valence-corrected chi connectivity index (χ1v) is 15.9. The molecule has 23 heteroatoms. The van der Waals surface area contributed by atoms with Gasteiger partial charge in [-0.1, -0.05) is 11.2 Å². The molecule has 0 aliphatic carbocycles. The van der Waals surface area contributed by atoms with Crippen molar-refractivity contribution < 1.29 is 81.1 Å². The van der Waals surface area contributed by atoms with Crippen molar-refractivity contribution in [3.8, 4) is 11.5 Å². The number of nitrogens with zero attached hydrogens (tertiary/aromatic N) is 4. The van der Waals surface area contributed by atoms with Gasteiger partial charge in [0.25, 0.3) is 5.69 Å². The Hall–Kier alpha value is -6.71. The van der Waals surface area contributed by atoms with Crippen LogP contribution < -0.4 is 14.8 Å². The van der Waals surface area contributed by atoms with Gasteiger partial charge in [0.05, 0.1) is 30.9 Å². The third-order valence-electron chi connectivity index (χ3n) is 6.83. The number of nitro benzene ring substituents is 1. The van der Waals surface area contributed by atoms with Crippen LogP contribution in [0.1, 0.15) is 26.3 Å². The second-order valence-corrected chi connectivity index (χ2v) is 10.8. The topological polar surface area (TPSA) is 299 Å². The normalized spacial score (nSPS) is 18.6. The first-order chi connectivity index (χ1) is 26.2. The minimum atomic E-state index is -1.95. The predicted octanol–water partition coefficient (Wildman–Crippen LogP) is 3.26. The van der Waals surface area contributed by atoms with E-state index in [9.17, 15) is 38.9 Å². The number of esters is 4. The van der Waals surface area contributed by atoms with Crippen molar-refractivity contribution in [2.45, 2.75) is 58.1 Å². The molecule has 1 saturated heterocycles. The van der Waals surface area contributed by atoms with Gasteiger partial charge in [0, 0.05) is 44.4 Å². The summed E-state index contributed by atoms with van der Waals surface area (Å²) in [6.07, 6.45) is -11.4. The Labute approximate surface area is 310 Å². The van der Waals surface area contributed by atoms with Crippen molar-refractivity contribution in [2.24, 2.45) is 5.11 Å². The molecule has 23 nitrogen and oxygen atoms in total. The minimum Gasteiger partial charge on any atom is -0.489 e. The number of carbonyl (C=O) groups excluding carboxylic acids is 6. The van der Waals surface area contributed by atoms with Crippen LogP contribution in [-0.4, -0.2) is 105 Å². The van der Waals surface area contributed by atoms with E-state index in [0.717, 1.165) is 40.0 Å². The highest BCUT2D eigenvalue weighted by Crippen LogP contribution is 2.32. The fourth-order valence-corrected chi connectivity index (χ4v) is 4.67. The lowest BCUT2D eigenvalue weighted by Crippen LogP contribution is -2.64. The van der Waals surface area contributed by atoms with Crippen LogP contribution in [0.2, 0.25) is 0 Å². The van der Waals surface area contributed by atoms with E-state index in [1.165, 1.54) is 30.3 Å². The summed E-state index contributed by atoms with van der Waals surface area (Å²) in [5, 5.41) is 16.6. The van der Waals surface area contributed by atoms with Crippen LogP contribution in [0.15, 0.2) is 47.6 Å². The number of carbonyl (C=O) groups is 6. The molecule has 1 aliphatic rings. The van der Waals surface area contributed by atoms with Crippen LogP contribution in [0.25, 0.3) is 10.4 Å². The van der Waals surface area contributed by atoms with E-state index >= 15 is 0 Å². The summed E-state index contributed by atoms with van der Waals surface area (Å²) >= 11 is 0. The lowest BCUT2D eigenvalue weighted by atomic mass is 9.97. The zero-order chi connectivity index (χ0) is 40.5. The fraction of sp³-hybridized carbons (Fsp3) is 0.438. The molecule has 1 aliphatic heterocycles. The van der Waals surface area contributed by atoms with Gasteiger partial charge in [-0.25, -0.2) is 14.4 Å². The molecule has 0 spiro atoms. The van der Waals surface area contributed by atoms with Crippen molar-refractivity contribution >= 4 is 47.5 Å². The molecule has 0 aromatic heterocycles. The summed E-state index contributed by atoms with van der Waals surface area (Å²) in [4.78, 5) is 87.2. The molecule has 296 valence electrons. The molecular weight excluding hydrogens is 742 g/mol. The Morgan fingerprint density at radius 3 is 2.16 bits per heavy atom. The quantitative estimate of drug-likeness (QED) is 0.0277. The number of amides is 1. The van der Waals surface area contributed by atoms with Gasteiger partial charge >= 0.3 is 36.1 Å². The number of nitro groups is 1. The number of anilines is 1. The van der Waals surface area contributed by atoms with Crippen LogP contribution in [0, 0.1) is 10.1 Å². The van der Waals surface area contributed by atoms with E-state index in [1.807, 2.05) is 0 Å². The molecule has 55 heavy (non-hydrogen) atoms. The number of hydrogen-bond acceptors (Lipinski definition) is 19. The zero-order valence-corrected chi connectivity index (χ0v) is 29.6. The Kier molecular flexibility index (Phi) is 16.4. The van der Waals surface area contributed by atoms with E-state index in [1.54, 1.807) is 0 Å². The van der Waals surface area contributed by atoms with Crippen molar-refractivity contribution in [2.75, 3.05) is 38.8 Å². The number of methoxy groups -OCH3 is 1. The highest BCUT2D eigenvalue weighted by Gasteiger charge is 2.56.